The van der Waals surface area contributed by atoms with E-state index in [1.54, 1.807) is 14.1 Å². The van der Waals surface area contributed by atoms with E-state index in [-0.39, 0.29) is 0 Å². The second kappa shape index (κ2) is 4.43. The van der Waals surface area contributed by atoms with E-state index in [0.717, 1.165) is 0 Å². The normalized spacial score (nSPS) is 9.67. The average Bonchev–Trinajstić information content (AvgIpc) is 1.61. The molecule has 0 atom stereocenters. The Bertz CT molecular complexity index is 44.1. The SMILES string of the molecule is CN=CONC. The second-order valence-corrected chi connectivity index (χ2v) is 0.686. The van der Waals surface area contributed by atoms with Crippen molar-refractivity contribution in [3.05, 3.63) is 0 Å². The van der Waals surface area contributed by atoms with Crippen molar-refractivity contribution in [1.82, 2.24) is 5.48 Å². The number of hydrogen-bond donors (Lipinski definition) is 1. The summed E-state index contributed by atoms with van der Waals surface area (Å²) in [7, 11) is 3.30. The van der Waals surface area contributed by atoms with Crippen molar-refractivity contribution in [1.29, 1.82) is 0 Å². The molecule has 0 aliphatic heterocycles. The summed E-state index contributed by atoms with van der Waals surface area (Å²) in [4.78, 5) is 7.96. The standard InChI is InChI=1S/C3H8N2O/c1-4-3-6-5-2/h3,5H,1-2H3. The van der Waals surface area contributed by atoms with Crippen LogP contribution >= 0.6 is 0 Å². The van der Waals surface area contributed by atoms with Gasteiger partial charge in [0.15, 0.2) is 6.40 Å². The van der Waals surface area contributed by atoms with Gasteiger partial charge in [-0.25, -0.2) is 0 Å². The lowest BCUT2D eigenvalue weighted by Crippen LogP contribution is -2.03. The molecular formula is C3H8N2O. The number of hydrogen-bond acceptors (Lipinski definition) is 3. The van der Waals surface area contributed by atoms with E-state index < -0.39 is 0 Å². The zero-order valence-electron chi connectivity index (χ0n) is 3.93. The molecule has 0 fully saturated rings. The molecule has 6 heavy (non-hydrogen) atoms. The monoisotopic (exact) mass is 88.1 g/mol. The Balaban J connectivity index is 2.66. The molecule has 0 unspecified atom stereocenters. The van der Waals surface area contributed by atoms with Gasteiger partial charge >= 0.3 is 0 Å². The van der Waals surface area contributed by atoms with E-state index in [1.165, 1.54) is 6.40 Å². The molecule has 0 saturated carbocycles. The van der Waals surface area contributed by atoms with Gasteiger partial charge in [-0.2, -0.15) is 5.48 Å². The van der Waals surface area contributed by atoms with Crippen LogP contribution in [0.1, 0.15) is 0 Å². The fourth-order valence-electron chi connectivity index (χ4n) is 0.105. The van der Waals surface area contributed by atoms with Crippen molar-refractivity contribution in [3.8, 4) is 0 Å². The molecule has 36 valence electrons. The first-order valence-corrected chi connectivity index (χ1v) is 1.65. The van der Waals surface area contributed by atoms with Crippen LogP contribution in [0.4, 0.5) is 0 Å². The van der Waals surface area contributed by atoms with E-state index in [1.807, 2.05) is 0 Å². The van der Waals surface area contributed by atoms with Crippen LogP contribution in [-0.2, 0) is 4.84 Å². The Kier molecular flexibility index (Phi) is 4.01. The van der Waals surface area contributed by atoms with Gasteiger partial charge in [0, 0.05) is 14.1 Å². The predicted molar refractivity (Wildman–Crippen MR) is 24.6 cm³/mol. The third-order valence-corrected chi connectivity index (χ3v) is 0.276. The quantitative estimate of drug-likeness (QED) is 0.288. The Labute approximate surface area is 37.0 Å². The highest BCUT2D eigenvalue weighted by molar-refractivity contribution is 5.45. The number of hydroxylamine groups is 1. The van der Waals surface area contributed by atoms with Gasteiger partial charge < -0.3 is 4.84 Å². The van der Waals surface area contributed by atoms with Crippen LogP contribution in [-0.4, -0.2) is 20.5 Å². The Morgan fingerprint density at radius 1 is 1.83 bits per heavy atom. The molecule has 0 aliphatic rings. The minimum absolute atomic E-state index is 1.32. The molecule has 0 rings (SSSR count). The number of rotatable bonds is 2. The van der Waals surface area contributed by atoms with Gasteiger partial charge in [0.05, 0.1) is 0 Å². The maximum Gasteiger partial charge on any atom is 0.196 e. The number of nitrogens with one attached hydrogen (secondary N) is 1. The summed E-state index contributed by atoms with van der Waals surface area (Å²) in [5.74, 6) is 0. The Hall–Kier alpha value is -0.570. The lowest BCUT2D eigenvalue weighted by molar-refractivity contribution is 0.222. The minimum atomic E-state index is 1.32. The van der Waals surface area contributed by atoms with Crippen molar-refractivity contribution >= 4 is 6.40 Å². The van der Waals surface area contributed by atoms with Crippen LogP contribution in [0.25, 0.3) is 0 Å². The smallest absolute Gasteiger partial charge is 0.196 e. The van der Waals surface area contributed by atoms with E-state index >= 15 is 0 Å². The van der Waals surface area contributed by atoms with Crippen LogP contribution in [0.5, 0.6) is 0 Å². The molecule has 3 nitrogen and oxygen atoms in total. The van der Waals surface area contributed by atoms with Gasteiger partial charge in [-0.05, 0) is 0 Å². The van der Waals surface area contributed by atoms with Crippen LogP contribution in [0.3, 0.4) is 0 Å². The van der Waals surface area contributed by atoms with Crippen LogP contribution in [0, 0.1) is 0 Å². The third-order valence-electron chi connectivity index (χ3n) is 0.276. The van der Waals surface area contributed by atoms with E-state index in [0.29, 0.717) is 0 Å². The van der Waals surface area contributed by atoms with Crippen LogP contribution in [0.15, 0.2) is 4.99 Å². The van der Waals surface area contributed by atoms with E-state index in [4.69, 9.17) is 0 Å². The Morgan fingerprint density at radius 3 is 2.67 bits per heavy atom. The fraction of sp³-hybridized carbons (Fsp3) is 0.667. The molecule has 0 aromatic rings. The van der Waals surface area contributed by atoms with Crippen molar-refractivity contribution < 1.29 is 4.84 Å². The second-order valence-electron chi connectivity index (χ2n) is 0.686. The van der Waals surface area contributed by atoms with Crippen molar-refractivity contribution in [2.45, 2.75) is 0 Å². The molecule has 0 saturated heterocycles. The molecule has 0 heterocycles. The zero-order valence-corrected chi connectivity index (χ0v) is 3.93. The molecule has 0 spiro atoms. The summed E-state index contributed by atoms with van der Waals surface area (Å²) in [6.45, 7) is 0. The lowest BCUT2D eigenvalue weighted by atomic mass is 11.3. The highest BCUT2D eigenvalue weighted by atomic mass is 16.6. The van der Waals surface area contributed by atoms with Gasteiger partial charge in [0.2, 0.25) is 0 Å². The lowest BCUT2D eigenvalue weighted by Gasteiger charge is -1.87. The first kappa shape index (κ1) is 5.43. The highest BCUT2D eigenvalue weighted by Gasteiger charge is 1.57. The van der Waals surface area contributed by atoms with Gasteiger partial charge in [-0.3, -0.25) is 4.99 Å². The van der Waals surface area contributed by atoms with E-state index in [9.17, 15) is 0 Å². The van der Waals surface area contributed by atoms with Gasteiger partial charge in [0.1, 0.15) is 0 Å². The van der Waals surface area contributed by atoms with Crippen molar-refractivity contribution in [2.24, 2.45) is 4.99 Å². The van der Waals surface area contributed by atoms with Crippen molar-refractivity contribution in [3.63, 3.8) is 0 Å². The molecule has 1 N–H and O–H groups in total. The molecule has 0 aliphatic carbocycles. The fourth-order valence-corrected chi connectivity index (χ4v) is 0.105. The average molecular weight is 88.1 g/mol. The molecule has 0 amide bonds. The first-order valence-electron chi connectivity index (χ1n) is 1.65. The summed E-state index contributed by atoms with van der Waals surface area (Å²) < 4.78 is 0. The van der Waals surface area contributed by atoms with Crippen molar-refractivity contribution in [2.75, 3.05) is 14.1 Å². The summed E-state index contributed by atoms with van der Waals surface area (Å²) in [6, 6.07) is 0. The topological polar surface area (TPSA) is 33.6 Å². The molecule has 0 aromatic carbocycles. The summed E-state index contributed by atoms with van der Waals surface area (Å²) in [5.41, 5.74) is 2.42. The van der Waals surface area contributed by atoms with Gasteiger partial charge in [0.25, 0.3) is 0 Å². The number of nitrogens with zero attached hydrogens (tertiary/aromatic N) is 1. The minimum Gasteiger partial charge on any atom is -0.397 e. The first-order chi connectivity index (χ1) is 2.91. The van der Waals surface area contributed by atoms with Gasteiger partial charge in [-0.15, -0.1) is 0 Å². The van der Waals surface area contributed by atoms with Crippen LogP contribution < -0.4 is 5.48 Å². The number of aliphatic imine (C=N–C) groups is 1. The Morgan fingerprint density at radius 2 is 2.50 bits per heavy atom. The molecule has 0 aromatic heterocycles. The highest BCUT2D eigenvalue weighted by Crippen LogP contribution is 1.49. The third kappa shape index (κ3) is 3.43. The summed E-state index contributed by atoms with van der Waals surface area (Å²) >= 11 is 0. The maximum absolute atomic E-state index is 4.44. The molecule has 3 heteroatoms. The summed E-state index contributed by atoms with van der Waals surface area (Å²) in [6.07, 6.45) is 1.32. The zero-order chi connectivity index (χ0) is 4.83. The predicted octanol–water partition coefficient (Wildman–Crippen LogP) is -0.205. The molecular weight excluding hydrogens is 80.0 g/mol. The van der Waals surface area contributed by atoms with Gasteiger partial charge in [-0.1, -0.05) is 0 Å². The van der Waals surface area contributed by atoms with Crippen LogP contribution in [0.2, 0.25) is 0 Å². The molecule has 0 radical (unpaired) electrons. The summed E-state index contributed by atoms with van der Waals surface area (Å²) in [5, 5.41) is 0. The van der Waals surface area contributed by atoms with E-state index in [2.05, 4.69) is 15.3 Å². The maximum atomic E-state index is 4.44. The molecule has 0 bridgehead atoms. The largest absolute Gasteiger partial charge is 0.397 e.